The molecule has 0 unspecified atom stereocenters. The van der Waals surface area contributed by atoms with E-state index in [1.807, 2.05) is 32.0 Å². The summed E-state index contributed by atoms with van der Waals surface area (Å²) < 4.78 is 23.6. The van der Waals surface area contributed by atoms with Gasteiger partial charge in [-0.1, -0.05) is 17.7 Å². The molecule has 2 fully saturated rings. The van der Waals surface area contributed by atoms with Crippen LogP contribution in [0.5, 0.6) is 11.5 Å². The van der Waals surface area contributed by atoms with Gasteiger partial charge in [-0.2, -0.15) is 0 Å². The van der Waals surface area contributed by atoms with Gasteiger partial charge in [0.2, 0.25) is 0 Å². The zero-order valence-electron chi connectivity index (χ0n) is 21.7. The standard InChI is InChI=1S/C28H31ClN4O5/c1-27(2)15-37-16(13-38-27)12-36-20-11-30-10-7-17(20)22-23(32-19-6-4-5-18(29)24(19)35-3)21-25(33-22)28(8-9-28)14-31-26(21)34/h4-7,10-11,16,32-33H,8-9,12-15H2,1-3H3,(H,31,34)/t16-/m1/s1. The van der Waals surface area contributed by atoms with Gasteiger partial charge in [-0.05, 0) is 44.9 Å². The van der Waals surface area contributed by atoms with Crippen LogP contribution in [0.2, 0.25) is 5.02 Å². The van der Waals surface area contributed by atoms with Crippen molar-refractivity contribution in [3.05, 3.63) is 52.9 Å². The van der Waals surface area contributed by atoms with Crippen molar-refractivity contribution in [3.8, 4) is 22.8 Å². The highest BCUT2D eigenvalue weighted by molar-refractivity contribution is 6.32. The molecule has 1 saturated carbocycles. The molecule has 2 aromatic heterocycles. The summed E-state index contributed by atoms with van der Waals surface area (Å²) in [4.78, 5) is 21.1. The van der Waals surface area contributed by atoms with Gasteiger partial charge in [0.25, 0.3) is 5.91 Å². The number of nitrogens with zero attached hydrogens (tertiary/aromatic N) is 1. The second-order valence-corrected chi connectivity index (χ2v) is 11.1. The maximum absolute atomic E-state index is 13.2. The molecule has 10 heteroatoms. The third-order valence-corrected chi connectivity index (χ3v) is 7.73. The van der Waals surface area contributed by atoms with Gasteiger partial charge in [0.05, 0.1) is 59.8 Å². The molecule has 3 N–H and O–H groups in total. The van der Waals surface area contributed by atoms with Gasteiger partial charge in [-0.25, -0.2) is 0 Å². The fraction of sp³-hybridized carbons (Fsp3) is 0.429. The Morgan fingerprint density at radius 3 is 2.84 bits per heavy atom. The number of carbonyl (C=O) groups excluding carboxylic acids is 1. The molecule has 1 saturated heterocycles. The molecule has 4 heterocycles. The SMILES string of the molecule is COc1c(Cl)cccc1Nc1c(-c2ccncc2OC[C@@H]2COC(C)(C)CO2)[nH]c2c1C(=O)NCC21CC1. The molecule has 0 bridgehead atoms. The third-order valence-electron chi connectivity index (χ3n) is 7.43. The van der Waals surface area contributed by atoms with Crippen LogP contribution in [0.15, 0.2) is 36.7 Å². The van der Waals surface area contributed by atoms with E-state index in [0.29, 0.717) is 59.8 Å². The maximum Gasteiger partial charge on any atom is 0.255 e. The van der Waals surface area contributed by atoms with E-state index in [1.54, 1.807) is 25.6 Å². The lowest BCUT2D eigenvalue weighted by Gasteiger charge is -2.34. The number of para-hydroxylation sites is 1. The normalized spacial score (nSPS) is 20.9. The number of ether oxygens (including phenoxy) is 4. The largest absolute Gasteiger partial charge is 0.493 e. The minimum absolute atomic E-state index is 0.0789. The number of aromatic nitrogens is 2. The Balaban J connectivity index is 1.40. The highest BCUT2D eigenvalue weighted by Crippen LogP contribution is 2.54. The molecule has 200 valence electrons. The predicted molar refractivity (Wildman–Crippen MR) is 144 cm³/mol. The average Bonchev–Trinajstić information content (AvgIpc) is 3.58. The fourth-order valence-electron chi connectivity index (χ4n) is 5.11. The minimum Gasteiger partial charge on any atom is -0.493 e. The molecule has 1 atom stereocenters. The van der Waals surface area contributed by atoms with Crippen molar-refractivity contribution >= 4 is 28.9 Å². The molecule has 3 aliphatic rings. The molecular formula is C28H31ClN4O5. The average molecular weight is 539 g/mol. The van der Waals surface area contributed by atoms with Crippen LogP contribution in [0.1, 0.15) is 42.7 Å². The van der Waals surface area contributed by atoms with Gasteiger partial charge < -0.3 is 34.6 Å². The Morgan fingerprint density at radius 2 is 2.11 bits per heavy atom. The first kappa shape index (κ1) is 25.0. The summed E-state index contributed by atoms with van der Waals surface area (Å²) in [5, 5.41) is 7.01. The number of benzene rings is 1. The number of carbonyl (C=O) groups is 1. The smallest absolute Gasteiger partial charge is 0.255 e. The zero-order chi connectivity index (χ0) is 26.5. The second-order valence-electron chi connectivity index (χ2n) is 10.7. The summed E-state index contributed by atoms with van der Waals surface area (Å²) in [6, 6.07) is 7.35. The van der Waals surface area contributed by atoms with Crippen LogP contribution in [0.3, 0.4) is 0 Å². The van der Waals surface area contributed by atoms with Crippen molar-refractivity contribution in [2.24, 2.45) is 0 Å². The summed E-state index contributed by atoms with van der Waals surface area (Å²) in [5.74, 6) is 0.942. The number of aromatic amines is 1. The summed E-state index contributed by atoms with van der Waals surface area (Å²) in [7, 11) is 1.57. The number of rotatable bonds is 7. The number of nitrogens with one attached hydrogen (secondary N) is 3. The molecule has 1 spiro atoms. The first-order valence-corrected chi connectivity index (χ1v) is 13.1. The molecule has 2 aliphatic heterocycles. The van der Waals surface area contributed by atoms with Crippen LogP contribution in [0, 0.1) is 0 Å². The van der Waals surface area contributed by atoms with Crippen LogP contribution < -0.4 is 20.1 Å². The van der Waals surface area contributed by atoms with Crippen LogP contribution in [-0.2, 0) is 14.9 Å². The van der Waals surface area contributed by atoms with Crippen molar-refractivity contribution in [1.29, 1.82) is 0 Å². The number of hydrogen-bond donors (Lipinski definition) is 3. The topological polar surface area (TPSA) is 107 Å². The number of fused-ring (bicyclic) bond motifs is 2. The summed E-state index contributed by atoms with van der Waals surface area (Å²) >= 11 is 6.41. The lowest BCUT2D eigenvalue weighted by molar-refractivity contribution is -0.181. The number of pyridine rings is 1. The second kappa shape index (κ2) is 9.48. The lowest BCUT2D eigenvalue weighted by Crippen LogP contribution is -2.44. The van der Waals surface area contributed by atoms with Crippen LogP contribution in [0.25, 0.3) is 11.3 Å². The van der Waals surface area contributed by atoms with Crippen molar-refractivity contribution < 1.29 is 23.7 Å². The number of amides is 1. The maximum atomic E-state index is 13.2. The first-order chi connectivity index (χ1) is 18.3. The molecule has 1 amide bonds. The van der Waals surface area contributed by atoms with Crippen molar-refractivity contribution in [2.75, 3.05) is 38.8 Å². The molecule has 6 rings (SSSR count). The van der Waals surface area contributed by atoms with E-state index in [2.05, 4.69) is 20.6 Å². The van der Waals surface area contributed by atoms with E-state index in [1.165, 1.54) is 0 Å². The monoisotopic (exact) mass is 538 g/mol. The molecular weight excluding hydrogens is 508 g/mol. The number of hydrogen-bond acceptors (Lipinski definition) is 7. The van der Waals surface area contributed by atoms with Gasteiger partial charge in [0.1, 0.15) is 18.5 Å². The van der Waals surface area contributed by atoms with Crippen molar-refractivity contribution in [2.45, 2.75) is 43.8 Å². The van der Waals surface area contributed by atoms with Crippen molar-refractivity contribution in [1.82, 2.24) is 15.3 Å². The molecule has 38 heavy (non-hydrogen) atoms. The highest BCUT2D eigenvalue weighted by Gasteiger charge is 2.51. The Morgan fingerprint density at radius 1 is 1.26 bits per heavy atom. The van der Waals surface area contributed by atoms with E-state index >= 15 is 0 Å². The molecule has 1 aliphatic carbocycles. The van der Waals surface area contributed by atoms with Gasteiger partial charge in [0, 0.05) is 29.4 Å². The van der Waals surface area contributed by atoms with E-state index in [9.17, 15) is 4.79 Å². The van der Waals surface area contributed by atoms with E-state index < -0.39 is 0 Å². The quantitative estimate of drug-likeness (QED) is 0.395. The van der Waals surface area contributed by atoms with E-state index in [4.69, 9.17) is 30.5 Å². The highest BCUT2D eigenvalue weighted by atomic mass is 35.5. The van der Waals surface area contributed by atoms with Gasteiger partial charge in [-0.3, -0.25) is 9.78 Å². The van der Waals surface area contributed by atoms with Crippen molar-refractivity contribution in [3.63, 3.8) is 0 Å². The van der Waals surface area contributed by atoms with Crippen LogP contribution in [0.4, 0.5) is 11.4 Å². The fourth-order valence-corrected chi connectivity index (χ4v) is 5.36. The van der Waals surface area contributed by atoms with Gasteiger partial charge >= 0.3 is 0 Å². The number of methoxy groups -OCH3 is 1. The summed E-state index contributed by atoms with van der Waals surface area (Å²) in [6.07, 6.45) is 5.22. The Bertz CT molecular complexity index is 1370. The molecule has 3 aromatic rings. The molecule has 9 nitrogen and oxygen atoms in total. The van der Waals surface area contributed by atoms with Gasteiger partial charge in [0.15, 0.2) is 5.75 Å². The van der Waals surface area contributed by atoms with Crippen LogP contribution in [-0.4, -0.2) is 61.1 Å². The first-order valence-electron chi connectivity index (χ1n) is 12.8. The Hall–Kier alpha value is -3.27. The van der Waals surface area contributed by atoms with Gasteiger partial charge in [-0.15, -0.1) is 0 Å². The van der Waals surface area contributed by atoms with E-state index in [0.717, 1.165) is 29.8 Å². The minimum atomic E-state index is -0.305. The third kappa shape index (κ3) is 4.48. The number of halogens is 1. The summed E-state index contributed by atoms with van der Waals surface area (Å²) in [6.45, 7) is 5.88. The summed E-state index contributed by atoms with van der Waals surface area (Å²) in [5.41, 5.74) is 3.95. The van der Waals surface area contributed by atoms with E-state index in [-0.39, 0.29) is 23.0 Å². The molecule has 1 aromatic carbocycles. The zero-order valence-corrected chi connectivity index (χ0v) is 22.4. The van der Waals surface area contributed by atoms with Crippen LogP contribution >= 0.6 is 11.6 Å². The lowest BCUT2D eigenvalue weighted by atomic mass is 9.93. The Kier molecular flexibility index (Phi) is 6.25. The Labute approximate surface area is 226 Å². The number of anilines is 2. The predicted octanol–water partition coefficient (Wildman–Crippen LogP) is 4.83. The number of H-pyrrole nitrogens is 1. The molecule has 0 radical (unpaired) electrons.